The average molecular weight is 321 g/mol. The highest BCUT2D eigenvalue weighted by atomic mass is 32.2. The number of nitrogens with one attached hydrogen (secondary N) is 1. The third-order valence-electron chi connectivity index (χ3n) is 2.41. The lowest BCUT2D eigenvalue weighted by Crippen LogP contribution is -2.44. The van der Waals surface area contributed by atoms with E-state index >= 15 is 0 Å². The standard InChI is InChI=1S/C12H13F2NO5S/c1-7(16)15-11(12(17)18)6-21(19,20)5-8-2-9(13)4-10(14)3-8/h2-4,11H,5-6H2,1H3,(H,15,16)(H,17,18)/t11-/m0/s1. The van der Waals surface area contributed by atoms with E-state index in [4.69, 9.17) is 5.11 Å². The third-order valence-corrected chi connectivity index (χ3v) is 4.02. The number of carboxylic acid groups (broad SMARTS) is 1. The van der Waals surface area contributed by atoms with Crippen molar-refractivity contribution in [2.75, 3.05) is 5.75 Å². The summed E-state index contributed by atoms with van der Waals surface area (Å²) in [7, 11) is -3.99. The molecular weight excluding hydrogens is 308 g/mol. The van der Waals surface area contributed by atoms with E-state index in [0.717, 1.165) is 19.1 Å². The van der Waals surface area contributed by atoms with Crippen LogP contribution in [0, 0.1) is 11.6 Å². The molecule has 1 atom stereocenters. The molecule has 116 valence electrons. The number of halogens is 2. The van der Waals surface area contributed by atoms with Gasteiger partial charge in [0.1, 0.15) is 17.7 Å². The zero-order valence-electron chi connectivity index (χ0n) is 11.0. The summed E-state index contributed by atoms with van der Waals surface area (Å²) in [6.45, 7) is 1.05. The molecule has 9 heteroatoms. The lowest BCUT2D eigenvalue weighted by molar-refractivity contribution is -0.140. The fourth-order valence-corrected chi connectivity index (χ4v) is 3.21. The lowest BCUT2D eigenvalue weighted by atomic mass is 10.2. The van der Waals surface area contributed by atoms with Crippen molar-refractivity contribution in [1.82, 2.24) is 5.32 Å². The van der Waals surface area contributed by atoms with E-state index in [1.54, 1.807) is 0 Å². The fraction of sp³-hybridized carbons (Fsp3) is 0.333. The second-order valence-electron chi connectivity index (χ2n) is 4.42. The molecule has 2 N–H and O–H groups in total. The van der Waals surface area contributed by atoms with Gasteiger partial charge in [0.25, 0.3) is 0 Å². The van der Waals surface area contributed by atoms with Crippen molar-refractivity contribution < 1.29 is 31.9 Å². The van der Waals surface area contributed by atoms with Crippen molar-refractivity contribution >= 4 is 21.7 Å². The predicted octanol–water partition coefficient (Wildman–Crippen LogP) is 0.469. The molecule has 1 aromatic rings. The molecule has 0 aliphatic heterocycles. The van der Waals surface area contributed by atoms with Gasteiger partial charge in [0.05, 0.1) is 11.5 Å². The molecular formula is C12H13F2NO5S. The van der Waals surface area contributed by atoms with E-state index in [9.17, 15) is 26.8 Å². The first kappa shape index (κ1) is 17.0. The Morgan fingerprint density at radius 1 is 1.24 bits per heavy atom. The number of aliphatic carboxylic acids is 1. The Kier molecular flexibility index (Phi) is 5.36. The fourth-order valence-electron chi connectivity index (χ4n) is 1.68. The summed E-state index contributed by atoms with van der Waals surface area (Å²) in [6.07, 6.45) is 0. The zero-order chi connectivity index (χ0) is 16.2. The van der Waals surface area contributed by atoms with Crippen LogP contribution in [0.15, 0.2) is 18.2 Å². The maximum absolute atomic E-state index is 13.0. The van der Waals surface area contributed by atoms with Gasteiger partial charge in [-0.25, -0.2) is 22.0 Å². The molecule has 0 fully saturated rings. The van der Waals surface area contributed by atoms with Gasteiger partial charge in [-0.2, -0.15) is 0 Å². The molecule has 0 aliphatic rings. The van der Waals surface area contributed by atoms with Crippen LogP contribution in [-0.2, 0) is 25.2 Å². The average Bonchev–Trinajstić information content (AvgIpc) is 2.24. The number of carboxylic acids is 1. The highest BCUT2D eigenvalue weighted by Crippen LogP contribution is 2.12. The minimum Gasteiger partial charge on any atom is -0.480 e. The van der Waals surface area contributed by atoms with Crippen LogP contribution in [0.4, 0.5) is 8.78 Å². The molecule has 0 radical (unpaired) electrons. The van der Waals surface area contributed by atoms with Gasteiger partial charge in [0.2, 0.25) is 5.91 Å². The first-order valence-electron chi connectivity index (χ1n) is 5.74. The topological polar surface area (TPSA) is 101 Å². The number of hydrogen-bond acceptors (Lipinski definition) is 4. The van der Waals surface area contributed by atoms with E-state index in [-0.39, 0.29) is 5.56 Å². The zero-order valence-corrected chi connectivity index (χ0v) is 11.8. The van der Waals surface area contributed by atoms with Crippen LogP contribution in [0.25, 0.3) is 0 Å². The van der Waals surface area contributed by atoms with Crippen molar-refractivity contribution in [1.29, 1.82) is 0 Å². The van der Waals surface area contributed by atoms with Crippen LogP contribution in [0.5, 0.6) is 0 Å². The molecule has 0 aromatic heterocycles. The van der Waals surface area contributed by atoms with E-state index in [0.29, 0.717) is 6.07 Å². The minimum absolute atomic E-state index is 0.139. The first-order valence-corrected chi connectivity index (χ1v) is 7.56. The van der Waals surface area contributed by atoms with Crippen LogP contribution >= 0.6 is 0 Å². The van der Waals surface area contributed by atoms with Gasteiger partial charge >= 0.3 is 5.97 Å². The Bertz CT molecular complexity index is 639. The highest BCUT2D eigenvalue weighted by Gasteiger charge is 2.26. The molecule has 0 heterocycles. The normalized spacial score (nSPS) is 12.7. The second kappa shape index (κ2) is 6.61. The Hall–Kier alpha value is -2.03. The Balaban J connectivity index is 2.89. The number of rotatable bonds is 6. The van der Waals surface area contributed by atoms with E-state index in [1.807, 2.05) is 5.32 Å². The van der Waals surface area contributed by atoms with Gasteiger partial charge in [-0.05, 0) is 17.7 Å². The number of carbonyl (C=O) groups excluding carboxylic acids is 1. The summed E-state index contributed by atoms with van der Waals surface area (Å²) >= 11 is 0. The van der Waals surface area contributed by atoms with Gasteiger partial charge < -0.3 is 10.4 Å². The van der Waals surface area contributed by atoms with Crippen LogP contribution in [0.1, 0.15) is 12.5 Å². The van der Waals surface area contributed by atoms with Gasteiger partial charge in [-0.1, -0.05) is 0 Å². The smallest absolute Gasteiger partial charge is 0.327 e. The summed E-state index contributed by atoms with van der Waals surface area (Å²) in [5.74, 6) is -5.69. The van der Waals surface area contributed by atoms with E-state index in [1.165, 1.54) is 0 Å². The molecule has 21 heavy (non-hydrogen) atoms. The largest absolute Gasteiger partial charge is 0.480 e. The molecule has 0 unspecified atom stereocenters. The second-order valence-corrected chi connectivity index (χ2v) is 6.53. The van der Waals surface area contributed by atoms with E-state index < -0.39 is 50.9 Å². The molecule has 0 saturated carbocycles. The predicted molar refractivity (Wildman–Crippen MR) is 69.1 cm³/mol. The van der Waals surface area contributed by atoms with Gasteiger partial charge in [-0.3, -0.25) is 4.79 Å². The number of benzene rings is 1. The molecule has 1 aromatic carbocycles. The van der Waals surface area contributed by atoms with Crippen molar-refractivity contribution in [2.24, 2.45) is 0 Å². The molecule has 6 nitrogen and oxygen atoms in total. The summed E-state index contributed by atoms with van der Waals surface area (Å²) < 4.78 is 49.7. The monoisotopic (exact) mass is 321 g/mol. The minimum atomic E-state index is -3.99. The van der Waals surface area contributed by atoms with Crippen molar-refractivity contribution in [3.63, 3.8) is 0 Å². The van der Waals surface area contributed by atoms with Crippen LogP contribution in [0.3, 0.4) is 0 Å². The van der Waals surface area contributed by atoms with Gasteiger partial charge in [0, 0.05) is 13.0 Å². The number of carbonyl (C=O) groups is 2. The SMILES string of the molecule is CC(=O)N[C@@H](CS(=O)(=O)Cc1cc(F)cc(F)c1)C(=O)O. The molecule has 0 saturated heterocycles. The van der Waals surface area contributed by atoms with E-state index in [2.05, 4.69) is 0 Å². The van der Waals surface area contributed by atoms with Crippen LogP contribution in [-0.4, -0.2) is 37.2 Å². The molecule has 1 amide bonds. The van der Waals surface area contributed by atoms with Gasteiger partial charge in [0.15, 0.2) is 9.84 Å². The summed E-state index contributed by atoms with van der Waals surface area (Å²) in [5.41, 5.74) is -0.139. The maximum Gasteiger partial charge on any atom is 0.327 e. The number of hydrogen-bond donors (Lipinski definition) is 2. The maximum atomic E-state index is 13.0. The molecule has 1 rings (SSSR count). The summed E-state index contributed by atoms with van der Waals surface area (Å²) in [5, 5.41) is 10.8. The first-order chi connectivity index (χ1) is 9.59. The molecule has 0 spiro atoms. The summed E-state index contributed by atoms with van der Waals surface area (Å²) in [6, 6.07) is 0.655. The third kappa shape index (κ3) is 5.86. The van der Waals surface area contributed by atoms with Crippen molar-refractivity contribution in [2.45, 2.75) is 18.7 Å². The van der Waals surface area contributed by atoms with Crippen molar-refractivity contribution in [3.05, 3.63) is 35.4 Å². The van der Waals surface area contributed by atoms with Crippen molar-refractivity contribution in [3.8, 4) is 0 Å². The Morgan fingerprint density at radius 3 is 2.19 bits per heavy atom. The Labute approximate surface area is 119 Å². The highest BCUT2D eigenvalue weighted by molar-refractivity contribution is 7.90. The van der Waals surface area contributed by atoms with Gasteiger partial charge in [-0.15, -0.1) is 0 Å². The number of amides is 1. The van der Waals surface area contributed by atoms with Crippen LogP contribution in [0.2, 0.25) is 0 Å². The lowest BCUT2D eigenvalue weighted by Gasteiger charge is -2.13. The number of sulfone groups is 1. The summed E-state index contributed by atoms with van der Waals surface area (Å²) in [4.78, 5) is 21.7. The molecule has 0 bridgehead atoms. The Morgan fingerprint density at radius 2 is 1.76 bits per heavy atom. The molecule has 0 aliphatic carbocycles. The quantitative estimate of drug-likeness (QED) is 0.793. The van der Waals surface area contributed by atoms with Crippen LogP contribution < -0.4 is 5.32 Å².